The third kappa shape index (κ3) is 3.42. The summed E-state index contributed by atoms with van der Waals surface area (Å²) in [5.74, 6) is 0. The zero-order chi connectivity index (χ0) is 15.1. The number of fused-ring (bicyclic) bond motifs is 1. The highest BCUT2D eigenvalue weighted by atomic mass is 32.2. The van der Waals surface area contributed by atoms with Gasteiger partial charge in [0.1, 0.15) is 0 Å². The van der Waals surface area contributed by atoms with Gasteiger partial charge in [0.25, 0.3) is 0 Å². The molecule has 3 N–H and O–H groups in total. The maximum absolute atomic E-state index is 11.5. The molecule has 0 aromatic carbocycles. The van der Waals surface area contributed by atoms with Gasteiger partial charge in [0.05, 0.1) is 6.26 Å². The van der Waals surface area contributed by atoms with E-state index < -0.39 is 15.6 Å². The van der Waals surface area contributed by atoms with Crippen LogP contribution < -0.4 is 10.5 Å². The van der Waals surface area contributed by atoms with E-state index in [2.05, 4.69) is 22.3 Å². The highest BCUT2D eigenvalue weighted by Gasteiger charge is 2.27. The van der Waals surface area contributed by atoms with E-state index in [1.54, 1.807) is 0 Å². The fraction of sp³-hybridized carbons (Fsp3) is 0.714. The van der Waals surface area contributed by atoms with E-state index in [0.717, 1.165) is 25.0 Å². The molecule has 1 aromatic rings. The van der Waals surface area contributed by atoms with Gasteiger partial charge in [-0.25, -0.2) is 13.1 Å². The highest BCUT2D eigenvalue weighted by molar-refractivity contribution is 7.88. The Hall–Kier alpha value is -0.850. The SMILES string of the molecule is Cc1cc2c(n1CC(C)(C)NS(C)(=O)=O)CCCC2N. The first-order chi connectivity index (χ1) is 9.09. The number of hydrogen-bond donors (Lipinski definition) is 2. The smallest absolute Gasteiger partial charge is 0.209 e. The lowest BCUT2D eigenvalue weighted by molar-refractivity contribution is 0.378. The Kier molecular flexibility index (Phi) is 4.01. The van der Waals surface area contributed by atoms with Crippen molar-refractivity contribution in [3.05, 3.63) is 23.0 Å². The van der Waals surface area contributed by atoms with Crippen molar-refractivity contribution in [1.82, 2.24) is 9.29 Å². The molecule has 1 aliphatic rings. The zero-order valence-electron chi connectivity index (χ0n) is 12.7. The zero-order valence-corrected chi connectivity index (χ0v) is 13.5. The Morgan fingerprint density at radius 2 is 2.15 bits per heavy atom. The van der Waals surface area contributed by atoms with Crippen LogP contribution in [0.3, 0.4) is 0 Å². The molecule has 0 saturated carbocycles. The van der Waals surface area contributed by atoms with Gasteiger partial charge in [0.15, 0.2) is 0 Å². The van der Waals surface area contributed by atoms with E-state index in [0.29, 0.717) is 6.54 Å². The largest absolute Gasteiger partial charge is 0.347 e. The van der Waals surface area contributed by atoms with Gasteiger partial charge in [-0.15, -0.1) is 0 Å². The molecule has 0 saturated heterocycles. The molecule has 1 aliphatic carbocycles. The van der Waals surface area contributed by atoms with Crippen LogP contribution in [0.1, 0.15) is 49.7 Å². The van der Waals surface area contributed by atoms with E-state index >= 15 is 0 Å². The monoisotopic (exact) mass is 299 g/mol. The molecular weight excluding hydrogens is 274 g/mol. The maximum atomic E-state index is 11.5. The molecule has 2 rings (SSSR count). The summed E-state index contributed by atoms with van der Waals surface area (Å²) < 4.78 is 27.8. The Balaban J connectivity index is 2.30. The second-order valence-corrected chi connectivity index (χ2v) is 8.28. The minimum absolute atomic E-state index is 0.115. The van der Waals surface area contributed by atoms with Gasteiger partial charge in [0, 0.05) is 29.5 Å². The summed E-state index contributed by atoms with van der Waals surface area (Å²) in [7, 11) is -3.22. The van der Waals surface area contributed by atoms with Crippen LogP contribution >= 0.6 is 0 Å². The summed E-state index contributed by atoms with van der Waals surface area (Å²) in [6.07, 6.45) is 4.34. The van der Waals surface area contributed by atoms with Crippen LogP contribution in [0.5, 0.6) is 0 Å². The third-order valence-corrected chi connectivity index (χ3v) is 4.72. The average molecular weight is 299 g/mol. The molecule has 1 heterocycles. The topological polar surface area (TPSA) is 77.1 Å². The van der Waals surface area contributed by atoms with Crippen LogP contribution in [0.15, 0.2) is 6.07 Å². The van der Waals surface area contributed by atoms with E-state index in [9.17, 15) is 8.42 Å². The molecule has 6 heteroatoms. The Bertz CT molecular complexity index is 602. The number of hydrogen-bond acceptors (Lipinski definition) is 3. The summed E-state index contributed by atoms with van der Waals surface area (Å²) in [4.78, 5) is 0. The molecule has 0 amide bonds. The van der Waals surface area contributed by atoms with Gasteiger partial charge in [-0.2, -0.15) is 0 Å². The second-order valence-electron chi connectivity index (χ2n) is 6.53. The summed E-state index contributed by atoms with van der Waals surface area (Å²) >= 11 is 0. The molecule has 114 valence electrons. The minimum atomic E-state index is -3.22. The lowest BCUT2D eigenvalue weighted by atomic mass is 9.93. The molecule has 20 heavy (non-hydrogen) atoms. The first-order valence-electron chi connectivity index (χ1n) is 7.02. The highest BCUT2D eigenvalue weighted by Crippen LogP contribution is 2.31. The molecule has 0 fully saturated rings. The first-order valence-corrected chi connectivity index (χ1v) is 8.92. The van der Waals surface area contributed by atoms with Gasteiger partial charge >= 0.3 is 0 Å². The van der Waals surface area contributed by atoms with Crippen molar-refractivity contribution < 1.29 is 8.42 Å². The van der Waals surface area contributed by atoms with Gasteiger partial charge in [-0.3, -0.25) is 0 Å². The summed E-state index contributed by atoms with van der Waals surface area (Å²) in [6.45, 7) is 6.49. The van der Waals surface area contributed by atoms with Crippen molar-refractivity contribution in [2.75, 3.05) is 6.26 Å². The van der Waals surface area contributed by atoms with Crippen LogP contribution in [-0.2, 0) is 23.0 Å². The van der Waals surface area contributed by atoms with Crippen molar-refractivity contribution in [3.8, 4) is 0 Å². The third-order valence-electron chi connectivity index (χ3n) is 3.79. The predicted octanol–water partition coefficient (Wildman–Crippen LogP) is 1.46. The van der Waals surface area contributed by atoms with Crippen LogP contribution in [0.4, 0.5) is 0 Å². The number of aryl methyl sites for hydroxylation is 1. The van der Waals surface area contributed by atoms with Gasteiger partial charge in [-0.1, -0.05) is 0 Å². The van der Waals surface area contributed by atoms with Crippen molar-refractivity contribution in [2.45, 2.75) is 58.2 Å². The Labute approximate surface area is 121 Å². The summed E-state index contributed by atoms with van der Waals surface area (Å²) in [6, 6.07) is 2.26. The van der Waals surface area contributed by atoms with Crippen LogP contribution in [0.2, 0.25) is 0 Å². The standard InChI is InChI=1S/C14H25N3O2S/c1-10-8-11-12(15)6-5-7-13(11)17(10)9-14(2,3)16-20(4,18)19/h8,12,16H,5-7,9,15H2,1-4H3. The summed E-state index contributed by atoms with van der Waals surface area (Å²) in [5.41, 5.74) is 9.29. The van der Waals surface area contributed by atoms with Crippen molar-refractivity contribution in [2.24, 2.45) is 5.73 Å². The van der Waals surface area contributed by atoms with Crippen LogP contribution in [0.25, 0.3) is 0 Å². The molecule has 0 bridgehead atoms. The van der Waals surface area contributed by atoms with Crippen molar-refractivity contribution in [3.63, 3.8) is 0 Å². The van der Waals surface area contributed by atoms with Gasteiger partial charge in [-0.05, 0) is 51.7 Å². The Morgan fingerprint density at radius 3 is 2.75 bits per heavy atom. The number of sulfonamides is 1. The number of nitrogens with zero attached hydrogens (tertiary/aromatic N) is 1. The molecular formula is C14H25N3O2S. The van der Waals surface area contributed by atoms with Crippen LogP contribution in [0, 0.1) is 6.92 Å². The second kappa shape index (κ2) is 5.16. The molecule has 1 aromatic heterocycles. The molecule has 1 atom stereocenters. The van der Waals surface area contributed by atoms with E-state index in [1.807, 2.05) is 13.8 Å². The average Bonchev–Trinajstić information content (AvgIpc) is 2.54. The molecule has 5 nitrogen and oxygen atoms in total. The van der Waals surface area contributed by atoms with E-state index in [4.69, 9.17) is 5.73 Å². The van der Waals surface area contributed by atoms with E-state index in [-0.39, 0.29) is 6.04 Å². The Morgan fingerprint density at radius 1 is 1.50 bits per heavy atom. The fourth-order valence-corrected chi connectivity index (χ4v) is 4.22. The normalized spacial score (nSPS) is 19.9. The lowest BCUT2D eigenvalue weighted by Gasteiger charge is -2.29. The van der Waals surface area contributed by atoms with Crippen molar-refractivity contribution >= 4 is 10.0 Å². The lowest BCUT2D eigenvalue weighted by Crippen LogP contribution is -2.46. The number of rotatable bonds is 4. The number of aromatic nitrogens is 1. The first kappa shape index (κ1) is 15.5. The summed E-state index contributed by atoms with van der Waals surface area (Å²) in [5, 5.41) is 0. The van der Waals surface area contributed by atoms with E-state index in [1.165, 1.54) is 17.5 Å². The van der Waals surface area contributed by atoms with Gasteiger partial charge in [0.2, 0.25) is 10.0 Å². The molecule has 1 unspecified atom stereocenters. The maximum Gasteiger partial charge on any atom is 0.209 e. The minimum Gasteiger partial charge on any atom is -0.347 e. The quantitative estimate of drug-likeness (QED) is 0.883. The molecule has 0 spiro atoms. The number of nitrogens with two attached hydrogens (primary N) is 1. The van der Waals surface area contributed by atoms with Crippen molar-refractivity contribution in [1.29, 1.82) is 0 Å². The van der Waals surface area contributed by atoms with Crippen LogP contribution in [-0.4, -0.2) is 24.8 Å². The predicted molar refractivity (Wildman–Crippen MR) is 81.1 cm³/mol. The molecule has 0 aliphatic heterocycles. The fourth-order valence-electron chi connectivity index (χ4n) is 3.15. The number of nitrogens with one attached hydrogen (secondary N) is 1. The van der Waals surface area contributed by atoms with Gasteiger partial charge < -0.3 is 10.3 Å². The molecule has 0 radical (unpaired) electrons.